The highest BCUT2D eigenvalue weighted by atomic mass is 32.2. The van der Waals surface area contributed by atoms with Crippen LogP contribution in [0.5, 0.6) is 0 Å². The first-order valence-corrected chi connectivity index (χ1v) is 6.55. The Bertz CT molecular complexity index is 550. The molecule has 0 saturated carbocycles. The molecule has 0 fully saturated rings. The normalized spacial score (nSPS) is 13.5. The van der Waals surface area contributed by atoms with Crippen LogP contribution in [0.1, 0.15) is 5.56 Å². The van der Waals surface area contributed by atoms with E-state index in [1.807, 2.05) is 48.5 Å². The molecule has 0 unspecified atom stereocenters. The predicted molar refractivity (Wildman–Crippen MR) is 74.8 cm³/mol. The number of hydrogen-bond donors (Lipinski definition) is 2. The molecule has 2 N–H and O–H groups in total. The van der Waals surface area contributed by atoms with E-state index in [9.17, 15) is 5.02 Å². The molecule has 2 aromatic carbocycles. The summed E-state index contributed by atoms with van der Waals surface area (Å²) in [7, 11) is -0.788. The van der Waals surface area contributed by atoms with E-state index in [1.54, 1.807) is 11.9 Å². The third-order valence-electron chi connectivity index (χ3n) is 2.84. The Morgan fingerprint density at radius 3 is 2.83 bits per heavy atom. The fourth-order valence-electron chi connectivity index (χ4n) is 1.88. The van der Waals surface area contributed by atoms with Gasteiger partial charge in [0.2, 0.25) is 0 Å². The lowest BCUT2D eigenvalue weighted by molar-refractivity contribution is 0.275. The Morgan fingerprint density at radius 2 is 2.00 bits per heavy atom. The molecule has 0 radical (unpaired) electrons. The highest BCUT2D eigenvalue weighted by molar-refractivity contribution is 8.00. The molecule has 5 heteroatoms. The molecule has 2 aromatic rings. The van der Waals surface area contributed by atoms with Gasteiger partial charge in [-0.15, -0.1) is 0 Å². The van der Waals surface area contributed by atoms with Crippen molar-refractivity contribution < 1.29 is 9.68 Å². The molecule has 90 valence electrons. The third-order valence-corrected chi connectivity index (χ3v) is 3.68. The van der Waals surface area contributed by atoms with Gasteiger partial charge in [-0.25, -0.2) is 0 Å². The number of hydrogen-bond acceptors (Lipinski definition) is 4. The van der Waals surface area contributed by atoms with Gasteiger partial charge in [0, 0.05) is 10.6 Å². The third kappa shape index (κ3) is 2.38. The number of nitrogens with one attached hydrogen (secondary N) is 1. The molecule has 0 spiro atoms. The molecule has 0 atom stereocenters. The van der Waals surface area contributed by atoms with Crippen LogP contribution in [-0.2, 0) is 11.3 Å². The minimum atomic E-state index is -0.788. The van der Waals surface area contributed by atoms with E-state index < -0.39 is 7.12 Å². The van der Waals surface area contributed by atoms with Gasteiger partial charge >= 0.3 is 7.12 Å². The van der Waals surface area contributed by atoms with E-state index >= 15 is 0 Å². The van der Waals surface area contributed by atoms with Gasteiger partial charge in [0.1, 0.15) is 0 Å². The summed E-state index contributed by atoms with van der Waals surface area (Å²) in [5, 5.41) is 9.63. The maximum absolute atomic E-state index is 9.63. The van der Waals surface area contributed by atoms with E-state index in [-0.39, 0.29) is 0 Å². The largest absolute Gasteiger partial charge is 0.491 e. The molecule has 1 heterocycles. The van der Waals surface area contributed by atoms with Gasteiger partial charge in [-0.2, -0.15) is 0 Å². The van der Waals surface area contributed by atoms with Crippen molar-refractivity contribution in [1.29, 1.82) is 0 Å². The van der Waals surface area contributed by atoms with Crippen molar-refractivity contribution >= 4 is 30.2 Å². The number of anilines is 1. The quantitative estimate of drug-likeness (QED) is 0.652. The minimum absolute atomic E-state index is 0.489. The Kier molecular flexibility index (Phi) is 3.27. The summed E-state index contributed by atoms with van der Waals surface area (Å²) >= 11 is 1.55. The van der Waals surface area contributed by atoms with Crippen LogP contribution >= 0.6 is 11.9 Å². The average molecular weight is 257 g/mol. The second kappa shape index (κ2) is 5.06. The lowest BCUT2D eigenvalue weighted by Crippen LogP contribution is -2.28. The van der Waals surface area contributed by atoms with Crippen molar-refractivity contribution in [2.24, 2.45) is 0 Å². The first-order valence-electron chi connectivity index (χ1n) is 5.73. The maximum Gasteiger partial charge on any atom is 0.491 e. The van der Waals surface area contributed by atoms with Crippen LogP contribution < -0.4 is 10.2 Å². The van der Waals surface area contributed by atoms with Crippen molar-refractivity contribution in [3.63, 3.8) is 0 Å². The first-order chi connectivity index (χ1) is 8.83. The van der Waals surface area contributed by atoms with E-state index in [0.717, 1.165) is 21.6 Å². The van der Waals surface area contributed by atoms with Crippen LogP contribution in [0.15, 0.2) is 53.4 Å². The molecule has 0 bridgehead atoms. The van der Waals surface area contributed by atoms with Gasteiger partial charge in [-0.1, -0.05) is 24.3 Å². The Labute approximate surface area is 110 Å². The van der Waals surface area contributed by atoms with E-state index in [4.69, 9.17) is 4.65 Å². The standard InChI is InChI=1S/C13H12BNO2S/c16-14-13-8-11(7-6-10(13)9-17-14)15-18-12-4-2-1-3-5-12/h1-8,15-16H,9H2. The van der Waals surface area contributed by atoms with Gasteiger partial charge in [0.25, 0.3) is 0 Å². The van der Waals surface area contributed by atoms with E-state index in [0.29, 0.717) is 6.61 Å². The van der Waals surface area contributed by atoms with Crippen molar-refractivity contribution in [2.45, 2.75) is 11.5 Å². The SMILES string of the molecule is OB1OCc2ccc(NSc3ccccc3)cc21. The van der Waals surface area contributed by atoms with Gasteiger partial charge in [-0.05, 0) is 47.2 Å². The summed E-state index contributed by atoms with van der Waals surface area (Å²) in [6.45, 7) is 0.489. The van der Waals surface area contributed by atoms with Crippen LogP contribution in [0.4, 0.5) is 5.69 Å². The van der Waals surface area contributed by atoms with Crippen molar-refractivity contribution in [3.05, 3.63) is 54.1 Å². The second-order valence-electron chi connectivity index (χ2n) is 4.09. The minimum Gasteiger partial charge on any atom is -0.423 e. The summed E-state index contributed by atoms with van der Waals surface area (Å²) in [6, 6.07) is 16.0. The van der Waals surface area contributed by atoms with Crippen LogP contribution in [0.3, 0.4) is 0 Å². The molecule has 0 amide bonds. The highest BCUT2D eigenvalue weighted by Crippen LogP contribution is 2.21. The summed E-state index contributed by atoms with van der Waals surface area (Å²) < 4.78 is 8.42. The van der Waals surface area contributed by atoms with Crippen LogP contribution in [-0.4, -0.2) is 12.1 Å². The van der Waals surface area contributed by atoms with Crippen LogP contribution in [0.2, 0.25) is 0 Å². The number of rotatable bonds is 3. The molecule has 3 nitrogen and oxygen atoms in total. The summed E-state index contributed by atoms with van der Waals surface area (Å²) in [4.78, 5) is 1.15. The van der Waals surface area contributed by atoms with Crippen molar-refractivity contribution in [2.75, 3.05) is 4.72 Å². The van der Waals surface area contributed by atoms with Gasteiger partial charge in [-0.3, -0.25) is 0 Å². The fourth-order valence-corrected chi connectivity index (χ4v) is 2.54. The monoisotopic (exact) mass is 257 g/mol. The molecule has 0 aromatic heterocycles. The van der Waals surface area contributed by atoms with E-state index in [1.165, 1.54) is 0 Å². The molecular weight excluding hydrogens is 245 g/mol. The first kappa shape index (κ1) is 11.7. The molecule has 0 saturated heterocycles. The molecule has 1 aliphatic heterocycles. The predicted octanol–water partition coefficient (Wildman–Crippen LogP) is 2.02. The fraction of sp³-hybridized carbons (Fsp3) is 0.0769. The molecular formula is C13H12BNO2S. The Morgan fingerprint density at radius 1 is 1.17 bits per heavy atom. The average Bonchev–Trinajstić information content (AvgIpc) is 2.79. The smallest absolute Gasteiger partial charge is 0.423 e. The van der Waals surface area contributed by atoms with Crippen LogP contribution in [0, 0.1) is 0 Å². The van der Waals surface area contributed by atoms with Crippen molar-refractivity contribution in [1.82, 2.24) is 0 Å². The Hall–Kier alpha value is -1.43. The maximum atomic E-state index is 9.63. The number of benzene rings is 2. The second-order valence-corrected chi connectivity index (χ2v) is 4.97. The zero-order chi connectivity index (χ0) is 12.4. The van der Waals surface area contributed by atoms with Gasteiger partial charge in [0.05, 0.1) is 6.61 Å². The van der Waals surface area contributed by atoms with Gasteiger partial charge in [0.15, 0.2) is 0 Å². The molecule has 3 rings (SSSR count). The summed E-state index contributed by atoms with van der Waals surface area (Å²) in [5.74, 6) is 0. The summed E-state index contributed by atoms with van der Waals surface area (Å²) in [6.07, 6.45) is 0. The van der Waals surface area contributed by atoms with Crippen LogP contribution in [0.25, 0.3) is 0 Å². The Balaban J connectivity index is 1.72. The molecule has 0 aliphatic carbocycles. The summed E-state index contributed by atoms with van der Waals surface area (Å²) in [5.41, 5.74) is 2.87. The lowest BCUT2D eigenvalue weighted by Gasteiger charge is -2.07. The highest BCUT2D eigenvalue weighted by Gasteiger charge is 2.27. The number of fused-ring (bicyclic) bond motifs is 1. The van der Waals surface area contributed by atoms with E-state index in [2.05, 4.69) is 4.72 Å². The lowest BCUT2D eigenvalue weighted by atomic mass is 9.79. The topological polar surface area (TPSA) is 41.5 Å². The molecule has 18 heavy (non-hydrogen) atoms. The zero-order valence-corrected chi connectivity index (χ0v) is 10.5. The van der Waals surface area contributed by atoms with Gasteiger partial charge < -0.3 is 14.4 Å². The molecule has 1 aliphatic rings. The van der Waals surface area contributed by atoms with Crippen molar-refractivity contribution in [3.8, 4) is 0 Å². The zero-order valence-electron chi connectivity index (χ0n) is 9.67.